The van der Waals surface area contributed by atoms with E-state index >= 15 is 0 Å². The number of benzene rings is 1. The second-order valence-electron chi connectivity index (χ2n) is 4.38. The summed E-state index contributed by atoms with van der Waals surface area (Å²) in [6.07, 6.45) is -0.0467. The maximum Gasteiger partial charge on any atom is 0.303 e. The molecule has 6 nitrogen and oxygen atoms in total. The Bertz CT molecular complexity index is 729. The van der Waals surface area contributed by atoms with Gasteiger partial charge in [-0.3, -0.25) is 9.59 Å². The lowest BCUT2D eigenvalue weighted by molar-refractivity contribution is -0.136. The summed E-state index contributed by atoms with van der Waals surface area (Å²) in [5, 5.41) is 18.6. The zero-order chi connectivity index (χ0) is 14.9. The fourth-order valence-corrected chi connectivity index (χ4v) is 2.05. The highest BCUT2D eigenvalue weighted by atomic mass is 16.5. The highest BCUT2D eigenvalue weighted by Gasteiger charge is 2.15. The molecular formula is C14H14O6. The Labute approximate surface area is 114 Å². The third-order valence-electron chi connectivity index (χ3n) is 3.08. The summed E-state index contributed by atoms with van der Waals surface area (Å²) < 4.78 is 10.4. The zero-order valence-electron chi connectivity index (χ0n) is 11.1. The van der Waals surface area contributed by atoms with Gasteiger partial charge in [0.05, 0.1) is 12.5 Å². The second kappa shape index (κ2) is 5.24. The molecule has 1 heterocycles. The van der Waals surface area contributed by atoms with Crippen LogP contribution < -0.4 is 10.2 Å². The van der Waals surface area contributed by atoms with E-state index < -0.39 is 5.97 Å². The number of carboxylic acid groups (broad SMARTS) is 1. The summed E-state index contributed by atoms with van der Waals surface area (Å²) in [6.45, 7) is 1.60. The van der Waals surface area contributed by atoms with E-state index in [0.29, 0.717) is 11.3 Å². The molecule has 0 aliphatic heterocycles. The third-order valence-corrected chi connectivity index (χ3v) is 3.08. The summed E-state index contributed by atoms with van der Waals surface area (Å²) in [6, 6.07) is 2.70. The number of methoxy groups -OCH3 is 1. The van der Waals surface area contributed by atoms with Gasteiger partial charge in [0.2, 0.25) is 0 Å². The normalized spacial score (nSPS) is 10.7. The number of phenolic OH excluding ortho intramolecular Hbond substituents is 1. The number of carboxylic acids is 1. The van der Waals surface area contributed by atoms with Gasteiger partial charge in [-0.25, -0.2) is 0 Å². The third kappa shape index (κ3) is 2.45. The molecular weight excluding hydrogens is 264 g/mol. The molecule has 6 heteroatoms. The zero-order valence-corrected chi connectivity index (χ0v) is 11.1. The molecule has 0 unspecified atom stereocenters. The Kier molecular flexibility index (Phi) is 3.65. The van der Waals surface area contributed by atoms with Crippen LogP contribution in [0.2, 0.25) is 0 Å². The van der Waals surface area contributed by atoms with Crippen LogP contribution >= 0.6 is 0 Å². The first-order valence-electron chi connectivity index (χ1n) is 5.99. The van der Waals surface area contributed by atoms with Crippen molar-refractivity contribution in [1.82, 2.24) is 0 Å². The number of aromatic hydroxyl groups is 1. The smallest absolute Gasteiger partial charge is 0.303 e. The molecule has 0 aliphatic carbocycles. The van der Waals surface area contributed by atoms with Crippen LogP contribution in [0, 0.1) is 6.92 Å². The van der Waals surface area contributed by atoms with Crippen molar-refractivity contribution in [3.63, 3.8) is 0 Å². The molecule has 1 aromatic heterocycles. The van der Waals surface area contributed by atoms with Gasteiger partial charge < -0.3 is 19.4 Å². The Hall–Kier alpha value is -2.50. The molecule has 0 saturated heterocycles. The van der Waals surface area contributed by atoms with Gasteiger partial charge >= 0.3 is 5.97 Å². The van der Waals surface area contributed by atoms with E-state index in [4.69, 9.17) is 14.3 Å². The maximum atomic E-state index is 12.4. The lowest BCUT2D eigenvalue weighted by atomic mass is 10.1. The van der Waals surface area contributed by atoms with Gasteiger partial charge in [-0.1, -0.05) is 0 Å². The fraction of sp³-hybridized carbons (Fsp3) is 0.286. The topological polar surface area (TPSA) is 97.0 Å². The lowest BCUT2D eigenvalue weighted by Crippen LogP contribution is -2.13. The monoisotopic (exact) mass is 278 g/mol. The first-order chi connectivity index (χ1) is 9.43. The predicted molar refractivity (Wildman–Crippen MR) is 71.4 cm³/mol. The predicted octanol–water partition coefficient (Wildman–Crippen LogP) is 1.83. The minimum atomic E-state index is -0.979. The molecule has 0 saturated carbocycles. The van der Waals surface area contributed by atoms with E-state index in [1.807, 2.05) is 0 Å². The molecule has 0 amide bonds. The lowest BCUT2D eigenvalue weighted by Gasteiger charge is -2.08. The molecule has 0 atom stereocenters. The van der Waals surface area contributed by atoms with Crippen LogP contribution in [0.5, 0.6) is 11.5 Å². The standard InChI is InChI=1S/C14H14O6/c1-7-8(3-4-13(16)17)14(18)9-5-12(19-2)10(15)6-11(9)20-7/h5-6,15H,3-4H2,1-2H3,(H,16,17). The SMILES string of the molecule is COc1cc2c(=O)c(CCC(=O)O)c(C)oc2cc1O. The minimum absolute atomic E-state index is 0.0998. The van der Waals surface area contributed by atoms with Gasteiger partial charge in [-0.05, 0) is 19.4 Å². The maximum absolute atomic E-state index is 12.4. The highest BCUT2D eigenvalue weighted by Crippen LogP contribution is 2.30. The largest absolute Gasteiger partial charge is 0.504 e. The molecule has 0 fully saturated rings. The first kappa shape index (κ1) is 13.9. The average Bonchev–Trinajstić information content (AvgIpc) is 2.37. The van der Waals surface area contributed by atoms with Gasteiger partial charge in [0, 0.05) is 18.1 Å². The fourth-order valence-electron chi connectivity index (χ4n) is 2.05. The van der Waals surface area contributed by atoms with Crippen LogP contribution in [-0.2, 0) is 11.2 Å². The number of phenols is 1. The molecule has 106 valence electrons. The number of hydrogen-bond acceptors (Lipinski definition) is 5. The van der Waals surface area contributed by atoms with Crippen molar-refractivity contribution in [1.29, 1.82) is 0 Å². The van der Waals surface area contributed by atoms with Crippen LogP contribution in [0.1, 0.15) is 17.7 Å². The number of carbonyl (C=O) groups is 1. The van der Waals surface area contributed by atoms with E-state index in [-0.39, 0.29) is 40.7 Å². The van der Waals surface area contributed by atoms with Crippen molar-refractivity contribution in [3.05, 3.63) is 33.7 Å². The van der Waals surface area contributed by atoms with E-state index in [9.17, 15) is 14.7 Å². The van der Waals surface area contributed by atoms with Crippen molar-refractivity contribution >= 4 is 16.9 Å². The number of rotatable bonds is 4. The minimum Gasteiger partial charge on any atom is -0.504 e. The molecule has 0 aliphatic rings. The van der Waals surface area contributed by atoms with E-state index in [0.717, 1.165) is 0 Å². The Balaban J connectivity index is 2.64. The van der Waals surface area contributed by atoms with Gasteiger partial charge in [0.25, 0.3) is 0 Å². The Morgan fingerprint density at radius 3 is 2.70 bits per heavy atom. The summed E-state index contributed by atoms with van der Waals surface area (Å²) >= 11 is 0. The number of hydrogen-bond donors (Lipinski definition) is 2. The molecule has 0 spiro atoms. The summed E-state index contributed by atoms with van der Waals surface area (Å²) in [7, 11) is 1.38. The van der Waals surface area contributed by atoms with Crippen LogP contribution in [0.3, 0.4) is 0 Å². The molecule has 2 aromatic rings. The second-order valence-corrected chi connectivity index (χ2v) is 4.38. The van der Waals surface area contributed by atoms with Crippen LogP contribution in [0.25, 0.3) is 11.0 Å². The van der Waals surface area contributed by atoms with E-state index in [1.165, 1.54) is 19.2 Å². The Morgan fingerprint density at radius 1 is 1.40 bits per heavy atom. The number of fused-ring (bicyclic) bond motifs is 1. The highest BCUT2D eigenvalue weighted by molar-refractivity contribution is 5.81. The van der Waals surface area contributed by atoms with Crippen LogP contribution in [-0.4, -0.2) is 23.3 Å². The molecule has 20 heavy (non-hydrogen) atoms. The van der Waals surface area contributed by atoms with Crippen LogP contribution in [0.15, 0.2) is 21.3 Å². The molecule has 0 bridgehead atoms. The van der Waals surface area contributed by atoms with Crippen molar-refractivity contribution in [2.45, 2.75) is 19.8 Å². The van der Waals surface area contributed by atoms with Gasteiger partial charge in [-0.2, -0.15) is 0 Å². The average molecular weight is 278 g/mol. The van der Waals surface area contributed by atoms with Crippen molar-refractivity contribution in [2.24, 2.45) is 0 Å². The van der Waals surface area contributed by atoms with Crippen molar-refractivity contribution in [3.8, 4) is 11.5 Å². The Morgan fingerprint density at radius 2 is 2.10 bits per heavy atom. The number of aryl methyl sites for hydroxylation is 1. The van der Waals surface area contributed by atoms with Crippen molar-refractivity contribution < 1.29 is 24.2 Å². The van der Waals surface area contributed by atoms with Gasteiger partial charge in [0.15, 0.2) is 16.9 Å². The van der Waals surface area contributed by atoms with Gasteiger partial charge in [0.1, 0.15) is 11.3 Å². The van der Waals surface area contributed by atoms with Gasteiger partial charge in [-0.15, -0.1) is 0 Å². The van der Waals surface area contributed by atoms with Crippen LogP contribution in [0.4, 0.5) is 0 Å². The quantitative estimate of drug-likeness (QED) is 0.885. The molecule has 0 radical (unpaired) electrons. The first-order valence-corrected chi connectivity index (χ1v) is 5.99. The van der Waals surface area contributed by atoms with Crippen molar-refractivity contribution in [2.75, 3.05) is 7.11 Å². The molecule has 1 aromatic carbocycles. The van der Waals surface area contributed by atoms with E-state index in [2.05, 4.69) is 0 Å². The van der Waals surface area contributed by atoms with E-state index in [1.54, 1.807) is 6.92 Å². The number of aliphatic carboxylic acids is 1. The summed E-state index contributed by atoms with van der Waals surface area (Å²) in [4.78, 5) is 23.0. The number of ether oxygens (including phenoxy) is 1. The summed E-state index contributed by atoms with van der Waals surface area (Å²) in [5.74, 6) is -0.584. The summed E-state index contributed by atoms with van der Waals surface area (Å²) in [5.41, 5.74) is 0.265. The molecule has 2 N–H and O–H groups in total. The molecule has 2 rings (SSSR count).